The highest BCUT2D eigenvalue weighted by Gasteiger charge is 2.21. The topological polar surface area (TPSA) is 43.1 Å². The van der Waals surface area contributed by atoms with E-state index in [2.05, 4.69) is 24.3 Å². The van der Waals surface area contributed by atoms with E-state index in [4.69, 9.17) is 0 Å². The lowest BCUT2D eigenvalue weighted by Crippen LogP contribution is -2.10. The van der Waals surface area contributed by atoms with E-state index in [1.165, 1.54) is 23.1 Å². The Bertz CT molecular complexity index is 604. The second-order valence-corrected chi connectivity index (χ2v) is 4.99. The number of nitrogens with zero attached hydrogens (tertiary/aromatic N) is 1. The van der Waals surface area contributed by atoms with Crippen molar-refractivity contribution < 1.29 is 4.92 Å². The number of nitro benzene ring substituents is 1. The van der Waals surface area contributed by atoms with E-state index in [0.29, 0.717) is 5.92 Å². The van der Waals surface area contributed by atoms with Gasteiger partial charge in [-0.2, -0.15) is 0 Å². The molecule has 3 heteroatoms. The van der Waals surface area contributed by atoms with Gasteiger partial charge in [-0.1, -0.05) is 36.4 Å². The van der Waals surface area contributed by atoms with Crippen LogP contribution < -0.4 is 0 Å². The molecule has 0 heterocycles. The molecule has 0 fully saturated rings. The molecule has 1 unspecified atom stereocenters. The van der Waals surface area contributed by atoms with Gasteiger partial charge in [0.2, 0.25) is 0 Å². The molecular formula is C16H15NO2. The summed E-state index contributed by atoms with van der Waals surface area (Å²) in [5.41, 5.74) is 4.13. The van der Waals surface area contributed by atoms with Gasteiger partial charge in [0.15, 0.2) is 0 Å². The fraction of sp³-hybridized carbons (Fsp3) is 0.250. The molecule has 96 valence electrons. The van der Waals surface area contributed by atoms with Crippen LogP contribution >= 0.6 is 0 Å². The quantitative estimate of drug-likeness (QED) is 0.598. The summed E-state index contributed by atoms with van der Waals surface area (Å²) in [6, 6.07) is 15.5. The third kappa shape index (κ3) is 2.24. The highest BCUT2D eigenvalue weighted by molar-refractivity contribution is 5.42. The summed E-state index contributed by atoms with van der Waals surface area (Å²) in [6.45, 7) is 0. The summed E-state index contributed by atoms with van der Waals surface area (Å²) in [7, 11) is 0. The van der Waals surface area contributed by atoms with Gasteiger partial charge in [0.1, 0.15) is 0 Å². The second kappa shape index (κ2) is 4.84. The molecule has 0 aliphatic heterocycles. The normalized spacial score (nSPS) is 17.8. The molecule has 3 nitrogen and oxygen atoms in total. The highest BCUT2D eigenvalue weighted by atomic mass is 16.6. The zero-order chi connectivity index (χ0) is 13.2. The van der Waals surface area contributed by atoms with Crippen molar-refractivity contribution in [1.82, 2.24) is 0 Å². The molecular weight excluding hydrogens is 238 g/mol. The number of non-ortho nitro benzene ring substituents is 1. The van der Waals surface area contributed by atoms with Crippen molar-refractivity contribution in [2.24, 2.45) is 0 Å². The van der Waals surface area contributed by atoms with Crippen LogP contribution in [0.4, 0.5) is 5.69 Å². The molecule has 2 aromatic rings. The van der Waals surface area contributed by atoms with Gasteiger partial charge >= 0.3 is 0 Å². The predicted molar refractivity (Wildman–Crippen MR) is 74.3 cm³/mol. The van der Waals surface area contributed by atoms with E-state index >= 15 is 0 Å². The zero-order valence-electron chi connectivity index (χ0n) is 10.6. The average Bonchev–Trinajstić information content (AvgIpc) is 2.47. The van der Waals surface area contributed by atoms with Gasteiger partial charge in [-0.25, -0.2) is 0 Å². The Morgan fingerprint density at radius 1 is 1.05 bits per heavy atom. The van der Waals surface area contributed by atoms with E-state index in [1.807, 2.05) is 12.1 Å². The minimum absolute atomic E-state index is 0.160. The molecule has 0 spiro atoms. The first-order chi connectivity index (χ1) is 9.25. The lowest BCUT2D eigenvalue weighted by Gasteiger charge is -2.25. The van der Waals surface area contributed by atoms with Gasteiger partial charge in [0.05, 0.1) is 4.92 Å². The van der Waals surface area contributed by atoms with Crippen LogP contribution in [0.15, 0.2) is 48.5 Å². The molecule has 3 rings (SSSR count). The van der Waals surface area contributed by atoms with E-state index in [-0.39, 0.29) is 10.6 Å². The fourth-order valence-electron chi connectivity index (χ4n) is 2.93. The maximum atomic E-state index is 10.7. The van der Waals surface area contributed by atoms with Crippen LogP contribution in [0.5, 0.6) is 0 Å². The smallest absolute Gasteiger partial charge is 0.258 e. The molecule has 1 atom stereocenters. The van der Waals surface area contributed by atoms with Crippen LogP contribution in [0.1, 0.15) is 35.4 Å². The number of hydrogen-bond acceptors (Lipinski definition) is 2. The Labute approximate surface area is 112 Å². The van der Waals surface area contributed by atoms with Gasteiger partial charge in [-0.3, -0.25) is 10.1 Å². The van der Waals surface area contributed by atoms with Crippen molar-refractivity contribution in [1.29, 1.82) is 0 Å². The largest absolute Gasteiger partial charge is 0.269 e. The van der Waals surface area contributed by atoms with Gasteiger partial charge in [0, 0.05) is 18.1 Å². The maximum absolute atomic E-state index is 10.7. The molecule has 19 heavy (non-hydrogen) atoms. The monoisotopic (exact) mass is 253 g/mol. The number of hydrogen-bond donors (Lipinski definition) is 0. The molecule has 0 saturated carbocycles. The molecule has 0 saturated heterocycles. The number of rotatable bonds is 2. The maximum Gasteiger partial charge on any atom is 0.269 e. The van der Waals surface area contributed by atoms with Gasteiger partial charge in [-0.15, -0.1) is 0 Å². The van der Waals surface area contributed by atoms with Crippen LogP contribution in [-0.4, -0.2) is 4.92 Å². The van der Waals surface area contributed by atoms with E-state index in [1.54, 1.807) is 12.1 Å². The van der Waals surface area contributed by atoms with Crippen LogP contribution in [-0.2, 0) is 6.42 Å². The molecule has 0 aromatic heterocycles. The summed E-state index contributed by atoms with van der Waals surface area (Å²) in [4.78, 5) is 10.3. The SMILES string of the molecule is O=[N+]([O-])c1ccc(C2CCCc3ccccc32)cc1. The van der Waals surface area contributed by atoms with Gasteiger partial charge in [0.25, 0.3) is 5.69 Å². The second-order valence-electron chi connectivity index (χ2n) is 4.99. The van der Waals surface area contributed by atoms with Crippen LogP contribution in [0, 0.1) is 10.1 Å². The van der Waals surface area contributed by atoms with Crippen LogP contribution in [0.25, 0.3) is 0 Å². The van der Waals surface area contributed by atoms with Crippen molar-refractivity contribution in [2.45, 2.75) is 25.2 Å². The molecule has 0 N–H and O–H groups in total. The average molecular weight is 253 g/mol. The summed E-state index contributed by atoms with van der Waals surface area (Å²) in [5, 5.41) is 10.7. The lowest BCUT2D eigenvalue weighted by atomic mass is 9.79. The predicted octanol–water partition coefficient (Wildman–Crippen LogP) is 4.06. The van der Waals surface area contributed by atoms with E-state index in [9.17, 15) is 10.1 Å². The third-order valence-corrected chi connectivity index (χ3v) is 3.88. The third-order valence-electron chi connectivity index (χ3n) is 3.88. The first-order valence-corrected chi connectivity index (χ1v) is 6.58. The number of benzene rings is 2. The standard InChI is InChI=1S/C16H15NO2/c18-17(19)14-10-8-13(9-11-14)16-7-3-5-12-4-1-2-6-15(12)16/h1-2,4,6,8-11,16H,3,5,7H2. The number of aryl methyl sites for hydroxylation is 1. The fourth-order valence-corrected chi connectivity index (χ4v) is 2.93. The van der Waals surface area contributed by atoms with Crippen molar-refractivity contribution in [2.75, 3.05) is 0 Å². The van der Waals surface area contributed by atoms with Crippen molar-refractivity contribution in [3.8, 4) is 0 Å². The van der Waals surface area contributed by atoms with Gasteiger partial charge < -0.3 is 0 Å². The Hall–Kier alpha value is -2.16. The Morgan fingerprint density at radius 2 is 1.79 bits per heavy atom. The minimum atomic E-state index is -0.349. The van der Waals surface area contributed by atoms with Crippen molar-refractivity contribution in [3.63, 3.8) is 0 Å². The van der Waals surface area contributed by atoms with Crippen molar-refractivity contribution in [3.05, 3.63) is 75.3 Å². The molecule has 2 aromatic carbocycles. The zero-order valence-corrected chi connectivity index (χ0v) is 10.6. The van der Waals surface area contributed by atoms with Crippen molar-refractivity contribution >= 4 is 5.69 Å². The molecule has 0 radical (unpaired) electrons. The van der Waals surface area contributed by atoms with Crippen LogP contribution in [0.3, 0.4) is 0 Å². The summed E-state index contributed by atoms with van der Waals surface area (Å²) < 4.78 is 0. The summed E-state index contributed by atoms with van der Waals surface area (Å²) in [5.74, 6) is 0.380. The summed E-state index contributed by atoms with van der Waals surface area (Å²) in [6.07, 6.45) is 3.44. The lowest BCUT2D eigenvalue weighted by molar-refractivity contribution is -0.384. The first-order valence-electron chi connectivity index (χ1n) is 6.58. The minimum Gasteiger partial charge on any atom is -0.258 e. The first kappa shape index (κ1) is 11.9. The number of fused-ring (bicyclic) bond motifs is 1. The highest BCUT2D eigenvalue weighted by Crippen LogP contribution is 2.36. The summed E-state index contributed by atoms with van der Waals surface area (Å²) >= 11 is 0. The Kier molecular flexibility index (Phi) is 3.03. The number of nitro groups is 1. The Balaban J connectivity index is 1.97. The molecule has 1 aliphatic rings. The van der Waals surface area contributed by atoms with Crippen LogP contribution in [0.2, 0.25) is 0 Å². The van der Waals surface area contributed by atoms with Gasteiger partial charge in [-0.05, 0) is 36.0 Å². The molecule has 0 bridgehead atoms. The van der Waals surface area contributed by atoms with E-state index < -0.39 is 0 Å². The Morgan fingerprint density at radius 3 is 2.53 bits per heavy atom. The molecule has 1 aliphatic carbocycles. The molecule has 0 amide bonds. The van der Waals surface area contributed by atoms with E-state index in [0.717, 1.165) is 12.8 Å².